The maximum absolute atomic E-state index is 10.1. The summed E-state index contributed by atoms with van der Waals surface area (Å²) < 4.78 is 1.49. The minimum atomic E-state index is -0.883. The Balaban J connectivity index is 2.45. The molecule has 16 heavy (non-hydrogen) atoms. The van der Waals surface area contributed by atoms with E-state index in [1.165, 1.54) is 10.9 Å². The van der Waals surface area contributed by atoms with Crippen molar-refractivity contribution in [2.45, 2.75) is 6.10 Å². The number of rotatable bonds is 2. The first kappa shape index (κ1) is 11.4. The van der Waals surface area contributed by atoms with Gasteiger partial charge < -0.3 is 5.11 Å². The van der Waals surface area contributed by atoms with E-state index < -0.39 is 6.10 Å². The van der Waals surface area contributed by atoms with Crippen LogP contribution in [0.15, 0.2) is 24.4 Å². The molecular weight excluding hydrogens is 249 g/mol. The first-order chi connectivity index (χ1) is 7.59. The molecule has 0 radical (unpaired) electrons. The largest absolute Gasteiger partial charge is 0.382 e. The lowest BCUT2D eigenvalue weighted by Crippen LogP contribution is -2.07. The second-order valence-electron chi connectivity index (χ2n) is 3.35. The van der Waals surface area contributed by atoms with Crippen LogP contribution in [0.5, 0.6) is 0 Å². The molecule has 1 atom stereocenters. The average Bonchev–Trinajstić information content (AvgIpc) is 2.67. The molecule has 1 aromatic carbocycles. The van der Waals surface area contributed by atoms with Crippen molar-refractivity contribution < 1.29 is 5.11 Å². The van der Waals surface area contributed by atoms with Crippen LogP contribution in [-0.2, 0) is 7.05 Å². The molecule has 6 heteroatoms. The van der Waals surface area contributed by atoms with E-state index in [0.29, 0.717) is 21.3 Å². The fourth-order valence-electron chi connectivity index (χ4n) is 1.43. The number of hydrogen-bond acceptors (Lipinski definition) is 3. The van der Waals surface area contributed by atoms with Crippen LogP contribution >= 0.6 is 23.2 Å². The van der Waals surface area contributed by atoms with Crippen molar-refractivity contribution in [2.75, 3.05) is 0 Å². The summed E-state index contributed by atoms with van der Waals surface area (Å²) in [7, 11) is 1.70. The van der Waals surface area contributed by atoms with Crippen LogP contribution in [0.2, 0.25) is 10.0 Å². The van der Waals surface area contributed by atoms with Crippen molar-refractivity contribution in [3.05, 3.63) is 45.7 Å². The van der Waals surface area contributed by atoms with Gasteiger partial charge in [0.1, 0.15) is 6.10 Å². The molecule has 0 amide bonds. The van der Waals surface area contributed by atoms with Crippen molar-refractivity contribution in [1.29, 1.82) is 0 Å². The molecule has 0 fully saturated rings. The van der Waals surface area contributed by atoms with Gasteiger partial charge in [-0.15, -0.1) is 5.10 Å². The van der Waals surface area contributed by atoms with Gasteiger partial charge in [-0.05, 0) is 18.2 Å². The van der Waals surface area contributed by atoms with Crippen molar-refractivity contribution in [3.63, 3.8) is 0 Å². The minimum absolute atomic E-state index is 0.457. The Bertz CT molecular complexity index is 513. The molecule has 0 bridgehead atoms. The van der Waals surface area contributed by atoms with Crippen LogP contribution in [0.1, 0.15) is 17.4 Å². The van der Waals surface area contributed by atoms with E-state index in [1.54, 1.807) is 25.2 Å². The Labute approximate surface area is 102 Å². The summed E-state index contributed by atoms with van der Waals surface area (Å²) in [5.41, 5.74) is 1.10. The summed E-state index contributed by atoms with van der Waals surface area (Å²) in [6, 6.07) is 4.94. The summed E-state index contributed by atoms with van der Waals surface area (Å²) in [6.07, 6.45) is 0.605. The zero-order valence-electron chi connectivity index (χ0n) is 8.43. The third-order valence-corrected chi connectivity index (χ3v) is 2.86. The second-order valence-corrected chi connectivity index (χ2v) is 4.19. The van der Waals surface area contributed by atoms with Gasteiger partial charge in [0.2, 0.25) is 0 Å². The van der Waals surface area contributed by atoms with Crippen LogP contribution in [-0.4, -0.2) is 20.1 Å². The van der Waals surface area contributed by atoms with Gasteiger partial charge in [-0.2, -0.15) is 0 Å². The predicted octanol–water partition coefficient (Wildman–Crippen LogP) is 2.20. The Morgan fingerprint density at radius 2 is 2.12 bits per heavy atom. The van der Waals surface area contributed by atoms with Crippen LogP contribution in [0.25, 0.3) is 0 Å². The number of benzene rings is 1. The van der Waals surface area contributed by atoms with Gasteiger partial charge >= 0.3 is 0 Å². The highest BCUT2D eigenvalue weighted by molar-refractivity contribution is 6.33. The zero-order valence-corrected chi connectivity index (χ0v) is 9.94. The van der Waals surface area contributed by atoms with Gasteiger partial charge in [0.15, 0.2) is 0 Å². The molecule has 0 aliphatic heterocycles. The van der Waals surface area contributed by atoms with E-state index in [4.69, 9.17) is 23.2 Å². The van der Waals surface area contributed by atoms with E-state index in [1.807, 2.05) is 0 Å². The third-order valence-electron chi connectivity index (χ3n) is 2.28. The van der Waals surface area contributed by atoms with Crippen molar-refractivity contribution in [2.24, 2.45) is 7.05 Å². The highest BCUT2D eigenvalue weighted by Crippen LogP contribution is 2.29. The normalized spacial score (nSPS) is 12.8. The van der Waals surface area contributed by atoms with E-state index in [9.17, 15) is 5.11 Å². The van der Waals surface area contributed by atoms with Gasteiger partial charge in [-0.1, -0.05) is 28.4 Å². The number of aromatic nitrogens is 3. The maximum atomic E-state index is 10.1. The lowest BCUT2D eigenvalue weighted by atomic mass is 10.1. The minimum Gasteiger partial charge on any atom is -0.382 e. The van der Waals surface area contributed by atoms with Crippen molar-refractivity contribution in [3.8, 4) is 0 Å². The third kappa shape index (κ3) is 2.04. The van der Waals surface area contributed by atoms with E-state index in [2.05, 4.69) is 10.3 Å². The van der Waals surface area contributed by atoms with E-state index in [-0.39, 0.29) is 0 Å². The van der Waals surface area contributed by atoms with Gasteiger partial charge in [-0.25, -0.2) is 4.68 Å². The highest BCUT2D eigenvalue weighted by Gasteiger charge is 2.17. The SMILES string of the molecule is Cn1nncc1C(O)c1cc(Cl)ccc1Cl. The van der Waals surface area contributed by atoms with Crippen LogP contribution in [0, 0.1) is 0 Å². The van der Waals surface area contributed by atoms with E-state index >= 15 is 0 Å². The topological polar surface area (TPSA) is 50.9 Å². The molecule has 0 saturated carbocycles. The zero-order chi connectivity index (χ0) is 11.7. The highest BCUT2D eigenvalue weighted by atomic mass is 35.5. The van der Waals surface area contributed by atoms with Gasteiger partial charge in [0.25, 0.3) is 0 Å². The van der Waals surface area contributed by atoms with Crippen LogP contribution in [0.3, 0.4) is 0 Å². The predicted molar refractivity (Wildman–Crippen MR) is 61.5 cm³/mol. The Hall–Kier alpha value is -1.10. The van der Waals surface area contributed by atoms with Crippen molar-refractivity contribution >= 4 is 23.2 Å². The first-order valence-corrected chi connectivity index (χ1v) is 5.33. The standard InChI is InChI=1S/C10H9Cl2N3O/c1-15-9(5-13-14-15)10(16)7-4-6(11)2-3-8(7)12/h2-5,10,16H,1H3. The lowest BCUT2D eigenvalue weighted by Gasteiger charge is -2.12. The Kier molecular flexibility index (Phi) is 3.14. The quantitative estimate of drug-likeness (QED) is 0.898. The fourth-order valence-corrected chi connectivity index (χ4v) is 1.83. The lowest BCUT2D eigenvalue weighted by molar-refractivity contribution is 0.210. The molecule has 2 rings (SSSR count). The molecule has 0 aliphatic carbocycles. The summed E-state index contributed by atoms with van der Waals surface area (Å²) in [5.74, 6) is 0. The molecule has 2 aromatic rings. The molecule has 4 nitrogen and oxygen atoms in total. The molecule has 1 aromatic heterocycles. The number of hydrogen-bond donors (Lipinski definition) is 1. The molecule has 0 saturated heterocycles. The van der Waals surface area contributed by atoms with Gasteiger partial charge in [0, 0.05) is 22.7 Å². The van der Waals surface area contributed by atoms with Gasteiger partial charge in [0.05, 0.1) is 11.9 Å². The van der Waals surface area contributed by atoms with Gasteiger partial charge in [-0.3, -0.25) is 0 Å². The molecule has 1 unspecified atom stereocenters. The molecular formula is C10H9Cl2N3O. The smallest absolute Gasteiger partial charge is 0.124 e. The molecule has 0 spiro atoms. The molecule has 1 N–H and O–H groups in total. The molecule has 84 valence electrons. The molecule has 1 heterocycles. The average molecular weight is 258 g/mol. The van der Waals surface area contributed by atoms with Crippen molar-refractivity contribution in [1.82, 2.24) is 15.0 Å². The molecule has 0 aliphatic rings. The summed E-state index contributed by atoms with van der Waals surface area (Å²) in [4.78, 5) is 0. The number of aryl methyl sites for hydroxylation is 1. The second kappa shape index (κ2) is 4.41. The summed E-state index contributed by atoms with van der Waals surface area (Å²) >= 11 is 11.8. The number of nitrogens with zero attached hydrogens (tertiary/aromatic N) is 3. The number of halogens is 2. The number of aliphatic hydroxyl groups excluding tert-OH is 1. The summed E-state index contributed by atoms with van der Waals surface area (Å²) in [6.45, 7) is 0. The van der Waals surface area contributed by atoms with Crippen LogP contribution in [0.4, 0.5) is 0 Å². The van der Waals surface area contributed by atoms with E-state index in [0.717, 1.165) is 0 Å². The summed E-state index contributed by atoms with van der Waals surface area (Å²) in [5, 5.41) is 18.5. The first-order valence-electron chi connectivity index (χ1n) is 4.57. The Morgan fingerprint density at radius 1 is 1.38 bits per heavy atom. The fraction of sp³-hybridized carbons (Fsp3) is 0.200. The monoisotopic (exact) mass is 257 g/mol. The maximum Gasteiger partial charge on any atom is 0.124 e. The van der Waals surface area contributed by atoms with Crippen LogP contribution < -0.4 is 0 Å². The Morgan fingerprint density at radius 3 is 2.75 bits per heavy atom. The number of aliphatic hydroxyl groups is 1.